The van der Waals surface area contributed by atoms with Crippen molar-refractivity contribution in [3.8, 4) is 0 Å². The summed E-state index contributed by atoms with van der Waals surface area (Å²) in [5, 5.41) is 11.3. The van der Waals surface area contributed by atoms with Crippen molar-refractivity contribution >= 4 is 5.91 Å². The third-order valence-electron chi connectivity index (χ3n) is 4.95. The number of rotatable bonds is 17. The molecule has 3 nitrogen and oxygen atoms in total. The van der Waals surface area contributed by atoms with E-state index in [1.54, 1.807) is 0 Å². The number of nitrogens with one attached hydrogen (secondary N) is 1. The highest BCUT2D eigenvalue weighted by Crippen LogP contribution is 2.13. The Morgan fingerprint density at radius 1 is 0.692 bits per heavy atom. The molecule has 1 aromatic rings. The van der Waals surface area contributed by atoms with Gasteiger partial charge in [-0.25, -0.2) is 0 Å². The van der Waals surface area contributed by atoms with Crippen LogP contribution in [0.3, 0.4) is 0 Å². The van der Waals surface area contributed by atoms with Gasteiger partial charge in [-0.2, -0.15) is 0 Å². The molecule has 0 aliphatic rings. The van der Waals surface area contributed by atoms with Gasteiger partial charge in [0.15, 0.2) is 0 Å². The molecule has 0 fully saturated rings. The van der Waals surface area contributed by atoms with Gasteiger partial charge in [-0.1, -0.05) is 101 Å². The zero-order valence-corrected chi connectivity index (χ0v) is 16.6. The highest BCUT2D eigenvalue weighted by atomic mass is 16.3. The van der Waals surface area contributed by atoms with Crippen LogP contribution in [0.5, 0.6) is 0 Å². The van der Waals surface area contributed by atoms with Gasteiger partial charge in [-0.3, -0.25) is 4.79 Å². The Hall–Kier alpha value is -1.35. The molecule has 0 saturated carbocycles. The van der Waals surface area contributed by atoms with Gasteiger partial charge in [-0.15, -0.1) is 0 Å². The van der Waals surface area contributed by atoms with Crippen LogP contribution in [-0.2, 0) is 11.2 Å². The molecule has 0 unspecified atom stereocenters. The molecule has 0 aliphatic heterocycles. The van der Waals surface area contributed by atoms with Crippen LogP contribution in [0.15, 0.2) is 30.3 Å². The average molecular weight is 362 g/mol. The van der Waals surface area contributed by atoms with Gasteiger partial charge in [0.05, 0.1) is 0 Å². The smallest absolute Gasteiger partial charge is 0.245 e. The molecule has 0 bridgehead atoms. The van der Waals surface area contributed by atoms with Crippen molar-refractivity contribution < 1.29 is 9.90 Å². The molecule has 1 rings (SSSR count). The molecular formula is C23H39NO2. The summed E-state index contributed by atoms with van der Waals surface area (Å²) >= 11 is 0. The summed E-state index contributed by atoms with van der Waals surface area (Å²) in [6, 6.07) is 10.8. The Morgan fingerprint density at radius 3 is 1.65 bits per heavy atom. The van der Waals surface area contributed by atoms with Crippen LogP contribution in [0.2, 0.25) is 0 Å². The molecule has 0 aliphatic carbocycles. The fourth-order valence-electron chi connectivity index (χ4n) is 3.33. The van der Waals surface area contributed by atoms with Crippen molar-refractivity contribution in [3.05, 3.63) is 35.9 Å². The second-order valence-corrected chi connectivity index (χ2v) is 7.34. The number of aliphatic hydroxyl groups is 1. The lowest BCUT2D eigenvalue weighted by Gasteiger charge is -2.04. The summed E-state index contributed by atoms with van der Waals surface area (Å²) in [5.74, 6) is -0.263. The van der Waals surface area contributed by atoms with Gasteiger partial charge in [0.1, 0.15) is 6.61 Å². The summed E-state index contributed by atoms with van der Waals surface area (Å²) in [6.07, 6.45) is 18.4. The van der Waals surface area contributed by atoms with E-state index >= 15 is 0 Å². The molecule has 2 N–H and O–H groups in total. The minimum Gasteiger partial charge on any atom is -0.387 e. The Balaban J connectivity index is 1.71. The molecule has 0 saturated heterocycles. The first-order valence-electron chi connectivity index (χ1n) is 10.7. The van der Waals surface area contributed by atoms with E-state index < -0.39 is 6.61 Å². The van der Waals surface area contributed by atoms with Crippen molar-refractivity contribution in [1.29, 1.82) is 0 Å². The molecule has 0 heterocycles. The molecular weight excluding hydrogens is 322 g/mol. The third kappa shape index (κ3) is 13.9. The van der Waals surface area contributed by atoms with Gasteiger partial charge in [0, 0.05) is 6.54 Å². The highest BCUT2D eigenvalue weighted by molar-refractivity contribution is 5.76. The quantitative estimate of drug-likeness (QED) is 0.365. The standard InChI is InChI=1S/C23H39NO2/c25-21-23(26)24-20-16-11-9-7-5-3-1-2-4-6-8-10-13-17-22-18-14-12-15-19-22/h12,14-15,18-19,25H,1-11,13,16-17,20-21H2,(H,24,26). The minimum atomic E-state index is -0.395. The van der Waals surface area contributed by atoms with E-state index in [4.69, 9.17) is 5.11 Å². The maximum atomic E-state index is 10.8. The van der Waals surface area contributed by atoms with Gasteiger partial charge in [0.2, 0.25) is 5.91 Å². The second kappa shape index (κ2) is 17.1. The number of hydrogen-bond donors (Lipinski definition) is 2. The molecule has 0 spiro atoms. The van der Waals surface area contributed by atoms with E-state index in [2.05, 4.69) is 35.6 Å². The second-order valence-electron chi connectivity index (χ2n) is 7.34. The first kappa shape index (κ1) is 22.7. The lowest BCUT2D eigenvalue weighted by atomic mass is 10.0. The van der Waals surface area contributed by atoms with Crippen molar-refractivity contribution in [2.45, 2.75) is 89.9 Å². The average Bonchev–Trinajstić information content (AvgIpc) is 2.68. The van der Waals surface area contributed by atoms with Crippen molar-refractivity contribution in [3.63, 3.8) is 0 Å². The zero-order valence-electron chi connectivity index (χ0n) is 16.6. The van der Waals surface area contributed by atoms with Crippen LogP contribution >= 0.6 is 0 Å². The van der Waals surface area contributed by atoms with Gasteiger partial charge >= 0.3 is 0 Å². The van der Waals surface area contributed by atoms with Crippen LogP contribution in [0, 0.1) is 0 Å². The maximum absolute atomic E-state index is 10.8. The predicted octanol–water partition coefficient (Wildman–Crippen LogP) is 5.41. The monoisotopic (exact) mass is 361 g/mol. The lowest BCUT2D eigenvalue weighted by Crippen LogP contribution is -2.26. The first-order valence-corrected chi connectivity index (χ1v) is 10.7. The van der Waals surface area contributed by atoms with E-state index in [1.807, 2.05) is 0 Å². The first-order chi connectivity index (χ1) is 12.8. The normalized spacial score (nSPS) is 10.8. The number of benzene rings is 1. The number of aliphatic hydroxyl groups excluding tert-OH is 1. The molecule has 148 valence electrons. The lowest BCUT2D eigenvalue weighted by molar-refractivity contribution is -0.123. The summed E-state index contributed by atoms with van der Waals surface area (Å²) in [4.78, 5) is 10.8. The molecule has 0 atom stereocenters. The van der Waals surface area contributed by atoms with Crippen LogP contribution in [0.1, 0.15) is 89.0 Å². The summed E-state index contributed by atoms with van der Waals surface area (Å²) in [5.41, 5.74) is 1.47. The largest absolute Gasteiger partial charge is 0.387 e. The third-order valence-corrected chi connectivity index (χ3v) is 4.95. The Bertz CT molecular complexity index is 433. The molecule has 26 heavy (non-hydrogen) atoms. The minimum absolute atomic E-state index is 0.263. The highest BCUT2D eigenvalue weighted by Gasteiger charge is 1.97. The van der Waals surface area contributed by atoms with E-state index in [1.165, 1.54) is 89.0 Å². The van der Waals surface area contributed by atoms with Crippen LogP contribution in [0.4, 0.5) is 0 Å². The van der Waals surface area contributed by atoms with E-state index in [9.17, 15) is 4.79 Å². The number of carbonyl (C=O) groups excluding carboxylic acids is 1. The Morgan fingerprint density at radius 2 is 1.15 bits per heavy atom. The van der Waals surface area contributed by atoms with Gasteiger partial charge in [-0.05, 0) is 24.8 Å². The number of aryl methyl sites for hydroxylation is 1. The SMILES string of the molecule is O=C(CO)NCCCCCCCCCCCCCCCc1ccccc1. The fraction of sp³-hybridized carbons (Fsp3) is 0.696. The van der Waals surface area contributed by atoms with E-state index in [0.717, 1.165) is 6.42 Å². The molecule has 3 heteroatoms. The van der Waals surface area contributed by atoms with Crippen molar-refractivity contribution in [1.82, 2.24) is 5.32 Å². The fourth-order valence-corrected chi connectivity index (χ4v) is 3.33. The molecule has 1 aromatic carbocycles. The van der Waals surface area contributed by atoms with Gasteiger partial charge in [0.25, 0.3) is 0 Å². The molecule has 1 amide bonds. The number of carbonyl (C=O) groups is 1. The number of hydrogen-bond acceptors (Lipinski definition) is 2. The van der Waals surface area contributed by atoms with Gasteiger partial charge < -0.3 is 10.4 Å². The molecule has 0 radical (unpaired) electrons. The zero-order chi connectivity index (χ0) is 18.7. The molecule has 0 aromatic heterocycles. The number of unbranched alkanes of at least 4 members (excludes halogenated alkanes) is 12. The van der Waals surface area contributed by atoms with Crippen LogP contribution < -0.4 is 5.32 Å². The van der Waals surface area contributed by atoms with E-state index in [-0.39, 0.29) is 5.91 Å². The number of amides is 1. The topological polar surface area (TPSA) is 49.3 Å². The Kier molecular flexibility index (Phi) is 14.9. The maximum Gasteiger partial charge on any atom is 0.245 e. The van der Waals surface area contributed by atoms with Crippen LogP contribution in [-0.4, -0.2) is 24.2 Å². The van der Waals surface area contributed by atoms with Crippen molar-refractivity contribution in [2.75, 3.05) is 13.2 Å². The predicted molar refractivity (Wildman–Crippen MR) is 110 cm³/mol. The Labute approximate surface area is 160 Å². The summed E-state index contributed by atoms with van der Waals surface area (Å²) in [6.45, 7) is 0.304. The van der Waals surface area contributed by atoms with E-state index in [0.29, 0.717) is 6.54 Å². The van der Waals surface area contributed by atoms with Crippen LogP contribution in [0.25, 0.3) is 0 Å². The summed E-state index contributed by atoms with van der Waals surface area (Å²) in [7, 11) is 0. The van der Waals surface area contributed by atoms with Crippen molar-refractivity contribution in [2.24, 2.45) is 0 Å². The summed E-state index contributed by atoms with van der Waals surface area (Å²) < 4.78 is 0.